The summed E-state index contributed by atoms with van der Waals surface area (Å²) in [6.45, 7) is 8.90. The molecule has 3 rings (SSSR count). The number of rotatable bonds is 6. The average Bonchev–Trinajstić information content (AvgIpc) is 3.22. The Morgan fingerprint density at radius 3 is 2.74 bits per heavy atom. The van der Waals surface area contributed by atoms with Crippen LogP contribution in [0.4, 0.5) is 5.69 Å². The smallest absolute Gasteiger partial charge is 0.191 e. The molecule has 3 N–H and O–H groups in total. The third kappa shape index (κ3) is 5.59. The van der Waals surface area contributed by atoms with E-state index in [0.29, 0.717) is 32.6 Å². The van der Waals surface area contributed by atoms with Gasteiger partial charge in [-0.2, -0.15) is 0 Å². The summed E-state index contributed by atoms with van der Waals surface area (Å²) in [4.78, 5) is 7.11. The fourth-order valence-electron chi connectivity index (χ4n) is 3.71. The monoisotopic (exact) mass is 374 g/mol. The van der Waals surface area contributed by atoms with E-state index in [-0.39, 0.29) is 6.04 Å². The van der Waals surface area contributed by atoms with E-state index < -0.39 is 5.60 Å². The molecule has 0 bridgehead atoms. The van der Waals surface area contributed by atoms with Gasteiger partial charge in [0.25, 0.3) is 0 Å². The second kappa shape index (κ2) is 9.42. The van der Waals surface area contributed by atoms with E-state index in [1.165, 1.54) is 24.1 Å². The standard InChI is InChI=1S/C21H34N4O2/c1-3-22-20(23-16-21(26)9-13-27-14-10-21)24-17(2)18-7-6-8-19(15-18)25-11-4-5-12-25/h6-8,15,17,26H,3-5,9-14,16H2,1-2H3,(H2,22,23,24). The zero-order valence-corrected chi connectivity index (χ0v) is 16.7. The van der Waals surface area contributed by atoms with Crippen LogP contribution < -0.4 is 15.5 Å². The van der Waals surface area contributed by atoms with Crippen molar-refractivity contribution in [3.05, 3.63) is 29.8 Å². The first-order valence-electron chi connectivity index (χ1n) is 10.3. The van der Waals surface area contributed by atoms with Crippen molar-refractivity contribution in [1.29, 1.82) is 0 Å². The van der Waals surface area contributed by atoms with E-state index in [4.69, 9.17) is 4.74 Å². The fraction of sp³-hybridized carbons (Fsp3) is 0.667. The normalized spacial score (nSPS) is 21.1. The second-order valence-electron chi connectivity index (χ2n) is 7.69. The Bertz CT molecular complexity index is 622. The molecule has 2 aliphatic heterocycles. The summed E-state index contributed by atoms with van der Waals surface area (Å²) >= 11 is 0. The maximum Gasteiger partial charge on any atom is 0.191 e. The number of nitrogens with one attached hydrogen (secondary N) is 2. The van der Waals surface area contributed by atoms with Crippen molar-refractivity contribution in [3.8, 4) is 0 Å². The Hall–Kier alpha value is -1.79. The number of benzene rings is 1. The van der Waals surface area contributed by atoms with Crippen LogP contribution in [-0.4, -0.2) is 56.1 Å². The van der Waals surface area contributed by atoms with Crippen LogP contribution in [0.5, 0.6) is 0 Å². The van der Waals surface area contributed by atoms with Crippen LogP contribution in [0.25, 0.3) is 0 Å². The van der Waals surface area contributed by atoms with Crippen LogP contribution in [0, 0.1) is 0 Å². The summed E-state index contributed by atoms with van der Waals surface area (Å²) < 4.78 is 5.35. The number of guanidine groups is 1. The number of aliphatic hydroxyl groups is 1. The van der Waals surface area contributed by atoms with Crippen molar-refractivity contribution in [1.82, 2.24) is 10.6 Å². The minimum atomic E-state index is -0.750. The lowest BCUT2D eigenvalue weighted by Crippen LogP contribution is -2.43. The summed E-state index contributed by atoms with van der Waals surface area (Å²) in [7, 11) is 0. The van der Waals surface area contributed by atoms with Crippen LogP contribution in [0.2, 0.25) is 0 Å². The predicted molar refractivity (Wildman–Crippen MR) is 110 cm³/mol. The van der Waals surface area contributed by atoms with E-state index in [9.17, 15) is 5.11 Å². The molecule has 1 unspecified atom stereocenters. The van der Waals surface area contributed by atoms with E-state index >= 15 is 0 Å². The van der Waals surface area contributed by atoms with E-state index in [2.05, 4.69) is 58.6 Å². The SMILES string of the molecule is CCNC(=NCC1(O)CCOCC1)NC(C)c1cccc(N2CCCC2)c1. The van der Waals surface area contributed by atoms with Gasteiger partial charge in [-0.3, -0.25) is 4.99 Å². The highest BCUT2D eigenvalue weighted by Crippen LogP contribution is 2.24. The van der Waals surface area contributed by atoms with E-state index in [0.717, 1.165) is 25.6 Å². The summed E-state index contributed by atoms with van der Waals surface area (Å²) in [5.41, 5.74) is 1.80. The molecule has 2 heterocycles. The molecule has 0 amide bonds. The van der Waals surface area contributed by atoms with Gasteiger partial charge >= 0.3 is 0 Å². The molecule has 27 heavy (non-hydrogen) atoms. The van der Waals surface area contributed by atoms with Gasteiger partial charge in [-0.25, -0.2) is 0 Å². The first-order valence-corrected chi connectivity index (χ1v) is 10.3. The van der Waals surface area contributed by atoms with Crippen molar-refractivity contribution in [2.24, 2.45) is 4.99 Å². The Kier molecular flexibility index (Phi) is 6.96. The van der Waals surface area contributed by atoms with Gasteiger partial charge in [-0.05, 0) is 44.4 Å². The van der Waals surface area contributed by atoms with E-state index in [1.54, 1.807) is 0 Å². The third-order valence-corrected chi connectivity index (χ3v) is 5.49. The Balaban J connectivity index is 1.64. The fourth-order valence-corrected chi connectivity index (χ4v) is 3.71. The molecule has 150 valence electrons. The van der Waals surface area contributed by atoms with Crippen molar-refractivity contribution in [2.75, 3.05) is 44.3 Å². The second-order valence-corrected chi connectivity index (χ2v) is 7.69. The minimum Gasteiger partial charge on any atom is -0.388 e. The van der Waals surface area contributed by atoms with E-state index in [1.807, 2.05) is 0 Å². The zero-order chi connectivity index (χ0) is 19.1. The first kappa shape index (κ1) is 20.0. The molecule has 2 aliphatic rings. The van der Waals surface area contributed by atoms with Crippen molar-refractivity contribution >= 4 is 11.6 Å². The van der Waals surface area contributed by atoms with Crippen LogP contribution >= 0.6 is 0 Å². The van der Waals surface area contributed by atoms with Gasteiger partial charge in [0.2, 0.25) is 0 Å². The van der Waals surface area contributed by atoms with Crippen LogP contribution in [0.1, 0.15) is 51.1 Å². The Labute approximate surface area is 163 Å². The Morgan fingerprint density at radius 2 is 2.04 bits per heavy atom. The van der Waals surface area contributed by atoms with Gasteiger partial charge in [0, 0.05) is 51.4 Å². The lowest BCUT2D eigenvalue weighted by Gasteiger charge is -2.31. The summed E-state index contributed by atoms with van der Waals surface area (Å²) in [5.74, 6) is 0.747. The van der Waals surface area contributed by atoms with Gasteiger partial charge in [-0.15, -0.1) is 0 Å². The summed E-state index contributed by atoms with van der Waals surface area (Å²) in [6, 6.07) is 8.90. The number of anilines is 1. The molecule has 0 radical (unpaired) electrons. The lowest BCUT2D eigenvalue weighted by molar-refractivity contribution is -0.0566. The molecule has 2 saturated heterocycles. The summed E-state index contributed by atoms with van der Waals surface area (Å²) in [5, 5.41) is 17.4. The quantitative estimate of drug-likeness (QED) is 0.527. The average molecular weight is 375 g/mol. The topological polar surface area (TPSA) is 69.1 Å². The number of nitrogens with zero attached hydrogens (tertiary/aromatic N) is 2. The molecule has 1 aromatic carbocycles. The molecule has 1 aromatic rings. The highest BCUT2D eigenvalue weighted by Gasteiger charge is 2.29. The maximum absolute atomic E-state index is 10.6. The predicted octanol–water partition coefficient (Wildman–Crippen LogP) is 2.44. The molecule has 6 nitrogen and oxygen atoms in total. The lowest BCUT2D eigenvalue weighted by atomic mass is 9.95. The van der Waals surface area contributed by atoms with Gasteiger partial charge in [0.05, 0.1) is 18.2 Å². The van der Waals surface area contributed by atoms with Crippen LogP contribution in [-0.2, 0) is 4.74 Å². The molecule has 6 heteroatoms. The highest BCUT2D eigenvalue weighted by molar-refractivity contribution is 5.80. The number of hydrogen-bond acceptors (Lipinski definition) is 4. The minimum absolute atomic E-state index is 0.134. The van der Waals surface area contributed by atoms with Gasteiger partial charge in [0.1, 0.15) is 0 Å². The van der Waals surface area contributed by atoms with Gasteiger partial charge in [0.15, 0.2) is 5.96 Å². The van der Waals surface area contributed by atoms with Crippen LogP contribution in [0.15, 0.2) is 29.3 Å². The van der Waals surface area contributed by atoms with Gasteiger partial charge < -0.3 is 25.4 Å². The highest BCUT2D eigenvalue weighted by atomic mass is 16.5. The summed E-state index contributed by atoms with van der Waals surface area (Å²) in [6.07, 6.45) is 3.85. The first-order chi connectivity index (χ1) is 13.1. The molecule has 2 fully saturated rings. The molecule has 0 spiro atoms. The maximum atomic E-state index is 10.6. The van der Waals surface area contributed by atoms with Crippen molar-refractivity contribution in [2.45, 2.75) is 51.2 Å². The largest absolute Gasteiger partial charge is 0.388 e. The third-order valence-electron chi connectivity index (χ3n) is 5.49. The molecule has 1 atom stereocenters. The number of ether oxygens (including phenoxy) is 1. The molecular formula is C21H34N4O2. The molecule has 0 aliphatic carbocycles. The van der Waals surface area contributed by atoms with Crippen LogP contribution in [0.3, 0.4) is 0 Å². The zero-order valence-electron chi connectivity index (χ0n) is 16.7. The number of aliphatic imine (C=N–C) groups is 1. The Morgan fingerprint density at radius 1 is 1.30 bits per heavy atom. The number of hydrogen-bond donors (Lipinski definition) is 3. The van der Waals surface area contributed by atoms with Crippen molar-refractivity contribution < 1.29 is 9.84 Å². The van der Waals surface area contributed by atoms with Gasteiger partial charge in [-0.1, -0.05) is 12.1 Å². The molecule has 0 aromatic heterocycles. The molecular weight excluding hydrogens is 340 g/mol. The van der Waals surface area contributed by atoms with Crippen molar-refractivity contribution in [3.63, 3.8) is 0 Å². The molecule has 0 saturated carbocycles.